The zero-order chi connectivity index (χ0) is 12.4. The van der Waals surface area contributed by atoms with E-state index in [1.165, 1.54) is 6.07 Å². The Morgan fingerprint density at radius 1 is 1.00 bits per heavy atom. The van der Waals surface area contributed by atoms with E-state index in [-0.39, 0.29) is 5.56 Å². The molecule has 0 amide bonds. The van der Waals surface area contributed by atoms with E-state index < -0.39 is 5.97 Å². The van der Waals surface area contributed by atoms with Gasteiger partial charge in [-0.15, -0.1) is 0 Å². The van der Waals surface area contributed by atoms with Crippen LogP contribution in [0.4, 0.5) is 11.4 Å². The van der Waals surface area contributed by atoms with Gasteiger partial charge >= 0.3 is 5.97 Å². The largest absolute Gasteiger partial charge is 0.478 e. The van der Waals surface area contributed by atoms with E-state index in [4.69, 9.17) is 16.6 Å². The van der Waals surface area contributed by atoms with Crippen LogP contribution < -0.4 is 11.5 Å². The minimum atomic E-state index is -0.997. The first-order valence-corrected chi connectivity index (χ1v) is 5.07. The summed E-state index contributed by atoms with van der Waals surface area (Å²) in [4.78, 5) is 11.1. The van der Waals surface area contributed by atoms with E-state index in [0.29, 0.717) is 22.5 Å². The lowest BCUT2D eigenvalue weighted by molar-refractivity contribution is 0.0698. The zero-order valence-electron chi connectivity index (χ0n) is 9.05. The summed E-state index contributed by atoms with van der Waals surface area (Å²) in [5.41, 5.74) is 14.0. The topological polar surface area (TPSA) is 89.3 Å². The highest BCUT2D eigenvalue weighted by Gasteiger charge is 2.13. The van der Waals surface area contributed by atoms with Crippen molar-refractivity contribution in [3.63, 3.8) is 0 Å². The number of aromatic carboxylic acids is 1. The lowest BCUT2D eigenvalue weighted by atomic mass is 9.98. The Bertz CT molecular complexity index is 579. The molecule has 86 valence electrons. The Morgan fingerprint density at radius 3 is 2.35 bits per heavy atom. The van der Waals surface area contributed by atoms with Crippen LogP contribution >= 0.6 is 0 Å². The van der Waals surface area contributed by atoms with Gasteiger partial charge in [-0.1, -0.05) is 18.2 Å². The third-order valence-electron chi connectivity index (χ3n) is 2.52. The molecule has 0 radical (unpaired) electrons. The van der Waals surface area contributed by atoms with Gasteiger partial charge in [0, 0.05) is 22.5 Å². The van der Waals surface area contributed by atoms with Crippen molar-refractivity contribution in [1.82, 2.24) is 0 Å². The number of anilines is 2. The number of nitrogens with two attached hydrogens (primary N) is 2. The number of benzene rings is 2. The first kappa shape index (κ1) is 11.0. The lowest BCUT2D eigenvalue weighted by Gasteiger charge is -2.09. The molecular weight excluding hydrogens is 216 g/mol. The summed E-state index contributed by atoms with van der Waals surface area (Å²) < 4.78 is 0. The minimum absolute atomic E-state index is 0.192. The highest BCUT2D eigenvalue weighted by atomic mass is 16.4. The summed E-state index contributed by atoms with van der Waals surface area (Å²) in [5.74, 6) is -0.997. The van der Waals surface area contributed by atoms with E-state index in [2.05, 4.69) is 0 Å². The SMILES string of the molecule is Nc1ccc(C(=O)O)c(-c2ccccc2N)c1. The van der Waals surface area contributed by atoms with Gasteiger partial charge in [0.25, 0.3) is 0 Å². The third-order valence-corrected chi connectivity index (χ3v) is 2.52. The van der Waals surface area contributed by atoms with Crippen LogP contribution in [0.1, 0.15) is 10.4 Å². The quantitative estimate of drug-likeness (QED) is 0.687. The van der Waals surface area contributed by atoms with E-state index in [0.717, 1.165) is 0 Å². The van der Waals surface area contributed by atoms with Crippen LogP contribution in [0.5, 0.6) is 0 Å². The summed E-state index contributed by atoms with van der Waals surface area (Å²) in [7, 11) is 0. The molecule has 0 aliphatic rings. The molecule has 0 bridgehead atoms. The van der Waals surface area contributed by atoms with Crippen LogP contribution in [-0.2, 0) is 0 Å². The molecule has 0 saturated carbocycles. The highest BCUT2D eigenvalue weighted by molar-refractivity contribution is 5.98. The number of carboxylic acids is 1. The van der Waals surface area contributed by atoms with Gasteiger partial charge < -0.3 is 16.6 Å². The van der Waals surface area contributed by atoms with Crippen LogP contribution in [0.15, 0.2) is 42.5 Å². The van der Waals surface area contributed by atoms with Crippen molar-refractivity contribution in [2.75, 3.05) is 11.5 Å². The number of nitrogen functional groups attached to an aromatic ring is 2. The van der Waals surface area contributed by atoms with Gasteiger partial charge in [0.1, 0.15) is 0 Å². The summed E-state index contributed by atoms with van der Waals surface area (Å²) in [6.07, 6.45) is 0. The fraction of sp³-hybridized carbons (Fsp3) is 0. The average Bonchev–Trinajstić information content (AvgIpc) is 2.29. The van der Waals surface area contributed by atoms with Gasteiger partial charge in [0.2, 0.25) is 0 Å². The monoisotopic (exact) mass is 228 g/mol. The summed E-state index contributed by atoms with van der Waals surface area (Å²) in [5, 5.41) is 9.13. The molecule has 2 aromatic carbocycles. The van der Waals surface area contributed by atoms with Crippen LogP contribution in [-0.4, -0.2) is 11.1 Å². The number of carboxylic acid groups (broad SMARTS) is 1. The second-order valence-corrected chi connectivity index (χ2v) is 3.70. The molecule has 5 N–H and O–H groups in total. The fourth-order valence-corrected chi connectivity index (χ4v) is 1.71. The summed E-state index contributed by atoms with van der Waals surface area (Å²) in [6, 6.07) is 11.8. The maximum atomic E-state index is 11.1. The molecule has 0 saturated heterocycles. The van der Waals surface area contributed by atoms with Gasteiger partial charge in [-0.3, -0.25) is 0 Å². The number of rotatable bonds is 2. The van der Waals surface area contributed by atoms with E-state index in [9.17, 15) is 4.79 Å². The molecule has 4 nitrogen and oxygen atoms in total. The van der Waals surface area contributed by atoms with Gasteiger partial charge in [-0.2, -0.15) is 0 Å². The van der Waals surface area contributed by atoms with Crippen molar-refractivity contribution in [1.29, 1.82) is 0 Å². The molecule has 0 heterocycles. The maximum Gasteiger partial charge on any atom is 0.336 e. The van der Waals surface area contributed by atoms with Crippen LogP contribution in [0.25, 0.3) is 11.1 Å². The molecule has 0 spiro atoms. The Morgan fingerprint density at radius 2 is 1.71 bits per heavy atom. The maximum absolute atomic E-state index is 11.1. The molecule has 0 fully saturated rings. The second kappa shape index (κ2) is 4.17. The number of carbonyl (C=O) groups is 1. The number of hydrogen-bond acceptors (Lipinski definition) is 3. The summed E-state index contributed by atoms with van der Waals surface area (Å²) >= 11 is 0. The van der Waals surface area contributed by atoms with Crippen molar-refractivity contribution < 1.29 is 9.90 Å². The standard InChI is InChI=1S/C13H12N2O2/c14-8-5-6-10(13(16)17)11(7-8)9-3-1-2-4-12(9)15/h1-7H,14-15H2,(H,16,17). The van der Waals surface area contributed by atoms with Crippen molar-refractivity contribution in [3.05, 3.63) is 48.0 Å². The van der Waals surface area contributed by atoms with Gasteiger partial charge in [0.15, 0.2) is 0 Å². The molecule has 2 rings (SSSR count). The van der Waals surface area contributed by atoms with Crippen molar-refractivity contribution >= 4 is 17.3 Å². The van der Waals surface area contributed by atoms with Crippen molar-refractivity contribution in [2.45, 2.75) is 0 Å². The molecule has 0 aromatic heterocycles. The fourth-order valence-electron chi connectivity index (χ4n) is 1.71. The normalized spacial score (nSPS) is 10.1. The lowest BCUT2D eigenvalue weighted by Crippen LogP contribution is -2.02. The molecule has 0 aliphatic heterocycles. The van der Waals surface area contributed by atoms with Crippen molar-refractivity contribution in [3.8, 4) is 11.1 Å². The third kappa shape index (κ3) is 2.06. The number of hydrogen-bond donors (Lipinski definition) is 3. The molecule has 4 heteroatoms. The predicted octanol–water partition coefficient (Wildman–Crippen LogP) is 2.22. The average molecular weight is 228 g/mol. The number of para-hydroxylation sites is 1. The van der Waals surface area contributed by atoms with E-state index >= 15 is 0 Å². The molecule has 0 atom stereocenters. The Labute approximate surface area is 98.5 Å². The van der Waals surface area contributed by atoms with Gasteiger partial charge in [0.05, 0.1) is 5.56 Å². The predicted molar refractivity (Wildman–Crippen MR) is 67.7 cm³/mol. The van der Waals surface area contributed by atoms with Gasteiger partial charge in [-0.25, -0.2) is 4.79 Å². The Kier molecular flexibility index (Phi) is 2.70. The van der Waals surface area contributed by atoms with Crippen LogP contribution in [0.3, 0.4) is 0 Å². The molecule has 0 unspecified atom stereocenters. The molecule has 0 aliphatic carbocycles. The van der Waals surface area contributed by atoms with E-state index in [1.54, 1.807) is 36.4 Å². The minimum Gasteiger partial charge on any atom is -0.478 e. The van der Waals surface area contributed by atoms with E-state index in [1.807, 2.05) is 0 Å². The first-order valence-electron chi connectivity index (χ1n) is 5.07. The Hall–Kier alpha value is -2.49. The van der Waals surface area contributed by atoms with Crippen LogP contribution in [0, 0.1) is 0 Å². The highest BCUT2D eigenvalue weighted by Crippen LogP contribution is 2.30. The molecular formula is C13H12N2O2. The second-order valence-electron chi connectivity index (χ2n) is 3.70. The Balaban J connectivity index is 2.70. The molecule has 17 heavy (non-hydrogen) atoms. The smallest absolute Gasteiger partial charge is 0.336 e. The zero-order valence-corrected chi connectivity index (χ0v) is 9.05. The van der Waals surface area contributed by atoms with Crippen LogP contribution in [0.2, 0.25) is 0 Å². The van der Waals surface area contributed by atoms with Gasteiger partial charge in [-0.05, 0) is 24.3 Å². The summed E-state index contributed by atoms with van der Waals surface area (Å²) in [6.45, 7) is 0. The first-order chi connectivity index (χ1) is 8.09. The van der Waals surface area contributed by atoms with Crippen molar-refractivity contribution in [2.24, 2.45) is 0 Å². The molecule has 2 aromatic rings.